The molecule has 0 fully saturated rings. The number of rotatable bonds is 10. The number of aromatic nitrogens is 3. The standard InChI is InChI=1S/C21H24N8O5/c1-34-17-7-5-14(6-8-17)12-27-19(25-10-9-24-18(22)23)26-20(30)28(21(27)31)13-15-3-2-4-16(11-15)29(32)33/h2-8,11H,9-10,12-13H2,1H3,(H4,22,23,24)(H,25,26,30). The fraction of sp³-hybridized carbons (Fsp3) is 0.238. The predicted molar refractivity (Wildman–Crippen MR) is 126 cm³/mol. The quantitative estimate of drug-likeness (QED) is 0.122. The van der Waals surface area contributed by atoms with Gasteiger partial charge in [0.15, 0.2) is 5.96 Å². The first-order valence-electron chi connectivity index (χ1n) is 10.2. The average molecular weight is 468 g/mol. The Hall–Kier alpha value is -4.68. The van der Waals surface area contributed by atoms with E-state index in [-0.39, 0.29) is 43.8 Å². The van der Waals surface area contributed by atoms with Crippen LogP contribution >= 0.6 is 0 Å². The molecule has 0 saturated carbocycles. The first-order chi connectivity index (χ1) is 16.3. The molecule has 0 aliphatic rings. The maximum Gasteiger partial charge on any atom is 0.355 e. The van der Waals surface area contributed by atoms with Gasteiger partial charge < -0.3 is 21.5 Å². The predicted octanol–water partition coefficient (Wildman–Crippen LogP) is 0.104. The zero-order valence-electron chi connectivity index (χ0n) is 18.4. The number of guanidine groups is 1. The molecule has 3 rings (SSSR count). The van der Waals surface area contributed by atoms with Crippen LogP contribution in [-0.2, 0) is 13.1 Å². The lowest BCUT2D eigenvalue weighted by Crippen LogP contribution is -2.43. The van der Waals surface area contributed by atoms with E-state index >= 15 is 0 Å². The van der Waals surface area contributed by atoms with Crippen LogP contribution in [0, 0.1) is 10.1 Å². The Kier molecular flexibility index (Phi) is 7.59. The molecule has 0 spiro atoms. The molecule has 0 amide bonds. The fourth-order valence-electron chi connectivity index (χ4n) is 3.16. The number of aliphatic imine (C=N–C) groups is 1. The van der Waals surface area contributed by atoms with Gasteiger partial charge in [-0.25, -0.2) is 14.2 Å². The summed E-state index contributed by atoms with van der Waals surface area (Å²) in [4.78, 5) is 44.4. The molecule has 3 aromatic rings. The first-order valence-corrected chi connectivity index (χ1v) is 10.2. The fourth-order valence-corrected chi connectivity index (χ4v) is 3.16. The number of nitrogens with one attached hydrogen (secondary N) is 1. The number of methoxy groups -OCH3 is 1. The maximum atomic E-state index is 13.3. The van der Waals surface area contributed by atoms with E-state index in [1.165, 1.54) is 22.8 Å². The minimum absolute atomic E-state index is 0.0481. The van der Waals surface area contributed by atoms with Crippen molar-refractivity contribution >= 4 is 17.6 Å². The monoisotopic (exact) mass is 468 g/mol. The molecule has 0 radical (unpaired) electrons. The number of anilines is 1. The van der Waals surface area contributed by atoms with Crippen LogP contribution in [0.2, 0.25) is 0 Å². The second-order valence-electron chi connectivity index (χ2n) is 7.18. The van der Waals surface area contributed by atoms with E-state index in [1.54, 1.807) is 37.4 Å². The summed E-state index contributed by atoms with van der Waals surface area (Å²) in [6.45, 7) is 0.359. The van der Waals surface area contributed by atoms with Crippen LogP contribution in [0.5, 0.6) is 5.75 Å². The van der Waals surface area contributed by atoms with Gasteiger partial charge in [0.25, 0.3) is 5.69 Å². The molecule has 0 saturated heterocycles. The second-order valence-corrected chi connectivity index (χ2v) is 7.18. The molecule has 0 aliphatic heterocycles. The lowest BCUT2D eigenvalue weighted by Gasteiger charge is -2.15. The number of hydrogen-bond donors (Lipinski definition) is 3. The second kappa shape index (κ2) is 10.8. The van der Waals surface area contributed by atoms with Crippen LogP contribution in [-0.4, -0.2) is 45.2 Å². The Labute approximate surface area is 193 Å². The smallest absolute Gasteiger partial charge is 0.355 e. The normalized spacial score (nSPS) is 10.5. The van der Waals surface area contributed by atoms with Crippen LogP contribution in [0.3, 0.4) is 0 Å². The molecule has 5 N–H and O–H groups in total. The van der Waals surface area contributed by atoms with Gasteiger partial charge in [0.05, 0.1) is 31.7 Å². The minimum atomic E-state index is -0.799. The van der Waals surface area contributed by atoms with E-state index < -0.39 is 16.3 Å². The Morgan fingerprint density at radius 3 is 2.47 bits per heavy atom. The first kappa shape index (κ1) is 24.0. The Morgan fingerprint density at radius 2 is 1.82 bits per heavy atom. The van der Waals surface area contributed by atoms with Gasteiger partial charge in [0, 0.05) is 18.7 Å². The zero-order chi connectivity index (χ0) is 24.7. The minimum Gasteiger partial charge on any atom is -0.497 e. The molecule has 1 aromatic heterocycles. The van der Waals surface area contributed by atoms with Crippen molar-refractivity contribution in [1.82, 2.24) is 14.1 Å². The highest BCUT2D eigenvalue weighted by Crippen LogP contribution is 2.14. The van der Waals surface area contributed by atoms with Crippen molar-refractivity contribution in [3.63, 3.8) is 0 Å². The van der Waals surface area contributed by atoms with Crippen molar-refractivity contribution in [2.24, 2.45) is 16.5 Å². The third-order valence-corrected chi connectivity index (χ3v) is 4.80. The number of non-ortho nitro benzene ring substituents is 1. The largest absolute Gasteiger partial charge is 0.497 e. The van der Waals surface area contributed by atoms with Crippen molar-refractivity contribution < 1.29 is 9.66 Å². The van der Waals surface area contributed by atoms with Crippen molar-refractivity contribution in [3.05, 3.63) is 90.7 Å². The lowest BCUT2D eigenvalue weighted by molar-refractivity contribution is -0.384. The molecule has 13 heteroatoms. The number of nitrogens with two attached hydrogens (primary N) is 2. The van der Waals surface area contributed by atoms with Gasteiger partial charge >= 0.3 is 11.4 Å². The van der Waals surface area contributed by atoms with Crippen molar-refractivity contribution in [1.29, 1.82) is 0 Å². The highest BCUT2D eigenvalue weighted by atomic mass is 16.6. The molecule has 13 nitrogen and oxygen atoms in total. The summed E-state index contributed by atoms with van der Waals surface area (Å²) in [5.74, 6) is 0.616. The summed E-state index contributed by atoms with van der Waals surface area (Å²) >= 11 is 0. The summed E-state index contributed by atoms with van der Waals surface area (Å²) in [6.07, 6.45) is 0. The SMILES string of the molecule is COc1ccc(Cn2c(NCCN=C(N)N)nc(=O)n(Cc3cccc([N+](=O)[O-])c3)c2=O)cc1. The third-order valence-electron chi connectivity index (χ3n) is 4.80. The van der Waals surface area contributed by atoms with E-state index in [0.29, 0.717) is 11.3 Å². The van der Waals surface area contributed by atoms with Crippen molar-refractivity contribution in [2.45, 2.75) is 13.1 Å². The van der Waals surface area contributed by atoms with Crippen LogP contribution in [0.4, 0.5) is 11.6 Å². The summed E-state index contributed by atoms with van der Waals surface area (Å²) in [5, 5.41) is 14.0. The van der Waals surface area contributed by atoms with Gasteiger partial charge in [-0.15, -0.1) is 0 Å². The number of hydrogen-bond acceptors (Lipinski definition) is 8. The summed E-state index contributed by atoms with van der Waals surface area (Å²) in [6, 6.07) is 12.8. The van der Waals surface area contributed by atoms with Gasteiger partial charge in [-0.05, 0) is 23.3 Å². The molecule has 0 atom stereocenters. The molecule has 178 valence electrons. The van der Waals surface area contributed by atoms with E-state index in [1.807, 2.05) is 0 Å². The lowest BCUT2D eigenvalue weighted by atomic mass is 10.2. The van der Waals surface area contributed by atoms with Crippen LogP contribution < -0.4 is 32.9 Å². The summed E-state index contributed by atoms with van der Waals surface area (Å²) in [7, 11) is 1.55. The van der Waals surface area contributed by atoms with Crippen LogP contribution in [0.1, 0.15) is 11.1 Å². The van der Waals surface area contributed by atoms with E-state index in [0.717, 1.165) is 10.1 Å². The molecular weight excluding hydrogens is 444 g/mol. The number of nitro groups is 1. The Bertz CT molecular complexity index is 1310. The van der Waals surface area contributed by atoms with Crippen molar-refractivity contribution in [2.75, 3.05) is 25.5 Å². The number of nitro benzene ring substituents is 1. The van der Waals surface area contributed by atoms with Gasteiger partial charge in [-0.3, -0.25) is 19.7 Å². The number of nitrogens with zero attached hydrogens (tertiary/aromatic N) is 5. The molecule has 0 unspecified atom stereocenters. The third kappa shape index (κ3) is 5.97. The van der Waals surface area contributed by atoms with Gasteiger partial charge in [0.2, 0.25) is 5.95 Å². The summed E-state index contributed by atoms with van der Waals surface area (Å²) in [5.41, 5.74) is 10.2. The topological polar surface area (TPSA) is 186 Å². The molecule has 1 heterocycles. The molecule has 0 bridgehead atoms. The zero-order valence-corrected chi connectivity index (χ0v) is 18.4. The highest BCUT2D eigenvalue weighted by Gasteiger charge is 2.15. The van der Waals surface area contributed by atoms with Gasteiger partial charge in [-0.2, -0.15) is 4.98 Å². The van der Waals surface area contributed by atoms with Crippen molar-refractivity contribution in [3.8, 4) is 5.75 Å². The van der Waals surface area contributed by atoms with E-state index in [4.69, 9.17) is 16.2 Å². The number of benzene rings is 2. The Balaban J connectivity index is 2.00. The average Bonchev–Trinajstić information content (AvgIpc) is 2.82. The Morgan fingerprint density at radius 1 is 1.12 bits per heavy atom. The molecule has 0 aliphatic carbocycles. The number of ether oxygens (including phenoxy) is 1. The molecule has 2 aromatic carbocycles. The van der Waals surface area contributed by atoms with E-state index in [9.17, 15) is 19.7 Å². The maximum absolute atomic E-state index is 13.3. The molecule has 34 heavy (non-hydrogen) atoms. The van der Waals surface area contributed by atoms with Gasteiger partial charge in [-0.1, -0.05) is 24.3 Å². The summed E-state index contributed by atoms with van der Waals surface area (Å²) < 4.78 is 7.38. The van der Waals surface area contributed by atoms with Crippen LogP contribution in [0.15, 0.2) is 63.1 Å². The molecular formula is C21H24N8O5. The van der Waals surface area contributed by atoms with Crippen LogP contribution in [0.25, 0.3) is 0 Å². The highest BCUT2D eigenvalue weighted by molar-refractivity contribution is 5.75. The van der Waals surface area contributed by atoms with E-state index in [2.05, 4.69) is 15.3 Å². The van der Waals surface area contributed by atoms with Gasteiger partial charge in [0.1, 0.15) is 5.75 Å².